The van der Waals surface area contributed by atoms with Gasteiger partial charge in [0.05, 0.1) is 6.61 Å². The van der Waals surface area contributed by atoms with Crippen molar-refractivity contribution in [2.24, 2.45) is 0 Å². The number of rotatable bonds is 4. The molecule has 0 spiro atoms. The molecule has 0 N–H and O–H groups in total. The van der Waals surface area contributed by atoms with E-state index in [0.717, 1.165) is 34.1 Å². The van der Waals surface area contributed by atoms with Crippen LogP contribution in [-0.2, 0) is 0 Å². The predicted octanol–water partition coefficient (Wildman–Crippen LogP) is 5.00. The Morgan fingerprint density at radius 1 is 1.29 bits per heavy atom. The smallest absolute Gasteiger partial charge is 0.121 e. The van der Waals surface area contributed by atoms with Gasteiger partial charge in [0.2, 0.25) is 0 Å². The molecule has 0 aromatic heterocycles. The topological polar surface area (TPSA) is 9.23 Å². The summed E-state index contributed by atoms with van der Waals surface area (Å²) in [6.45, 7) is 2.94. The van der Waals surface area contributed by atoms with Gasteiger partial charge in [-0.05, 0) is 73.0 Å². The van der Waals surface area contributed by atoms with Gasteiger partial charge in [0.1, 0.15) is 5.75 Å². The van der Waals surface area contributed by atoms with Crippen molar-refractivity contribution < 1.29 is 4.74 Å². The maximum absolute atomic E-state index is 5.60. The Balaban J connectivity index is 2.69. The highest BCUT2D eigenvalue weighted by Crippen LogP contribution is 2.31. The molecular weight excluding hydrogens is 423 g/mol. The molecule has 0 aliphatic heterocycles. The summed E-state index contributed by atoms with van der Waals surface area (Å²) in [4.78, 5) is 0. The quantitative estimate of drug-likeness (QED) is 0.369. The van der Waals surface area contributed by atoms with E-state index in [9.17, 15) is 0 Å². The number of halogens is 3. The summed E-state index contributed by atoms with van der Waals surface area (Å²) in [5.41, 5.74) is 0. The molecule has 1 nitrogen and oxygen atoms in total. The van der Waals surface area contributed by atoms with Crippen LogP contribution in [-0.4, -0.2) is 6.61 Å². The van der Waals surface area contributed by atoms with Gasteiger partial charge in [-0.2, -0.15) is 0 Å². The zero-order chi connectivity index (χ0) is 10.6. The maximum atomic E-state index is 5.60. The minimum atomic E-state index is 0.788. The van der Waals surface area contributed by atoms with E-state index in [1.807, 2.05) is 12.1 Å². The molecule has 0 aliphatic carbocycles. The summed E-state index contributed by atoms with van der Waals surface area (Å²) in [6, 6.07) is 4.00. The van der Waals surface area contributed by atoms with Gasteiger partial charge in [-0.1, -0.05) is 13.3 Å². The SMILES string of the molecule is CCCCOc1cc(Br)c(I)c(Br)c1. The fourth-order valence-electron chi connectivity index (χ4n) is 0.950. The van der Waals surface area contributed by atoms with Crippen molar-refractivity contribution in [2.75, 3.05) is 6.61 Å². The molecule has 0 amide bonds. The molecule has 14 heavy (non-hydrogen) atoms. The molecule has 0 bridgehead atoms. The van der Waals surface area contributed by atoms with Gasteiger partial charge in [0, 0.05) is 12.5 Å². The third-order valence-corrected chi connectivity index (χ3v) is 5.62. The Bertz CT molecular complexity index is 292. The lowest BCUT2D eigenvalue weighted by Gasteiger charge is -2.07. The van der Waals surface area contributed by atoms with Gasteiger partial charge in [-0.15, -0.1) is 0 Å². The minimum absolute atomic E-state index is 0.788. The fraction of sp³-hybridized carbons (Fsp3) is 0.400. The summed E-state index contributed by atoms with van der Waals surface area (Å²) in [6.07, 6.45) is 2.26. The summed E-state index contributed by atoms with van der Waals surface area (Å²) >= 11 is 9.26. The van der Waals surface area contributed by atoms with Crippen molar-refractivity contribution in [3.05, 3.63) is 24.6 Å². The lowest BCUT2D eigenvalue weighted by atomic mass is 10.3. The molecule has 0 unspecified atom stereocenters. The van der Waals surface area contributed by atoms with Crippen LogP contribution in [0.4, 0.5) is 0 Å². The van der Waals surface area contributed by atoms with Gasteiger partial charge in [0.25, 0.3) is 0 Å². The number of hydrogen-bond donors (Lipinski definition) is 0. The second kappa shape index (κ2) is 6.33. The monoisotopic (exact) mass is 432 g/mol. The van der Waals surface area contributed by atoms with Crippen molar-refractivity contribution >= 4 is 54.5 Å². The Labute approximate surface area is 115 Å². The van der Waals surface area contributed by atoms with Gasteiger partial charge in [0.15, 0.2) is 0 Å². The largest absolute Gasteiger partial charge is 0.494 e. The molecule has 0 fully saturated rings. The molecule has 1 rings (SSSR count). The van der Waals surface area contributed by atoms with E-state index in [2.05, 4.69) is 61.4 Å². The van der Waals surface area contributed by atoms with Gasteiger partial charge in [-0.25, -0.2) is 0 Å². The highest BCUT2D eigenvalue weighted by Gasteiger charge is 2.04. The second-order valence-electron chi connectivity index (χ2n) is 2.90. The minimum Gasteiger partial charge on any atom is -0.494 e. The number of benzene rings is 1. The Kier molecular flexibility index (Phi) is 5.77. The first kappa shape index (κ1) is 12.8. The lowest BCUT2D eigenvalue weighted by Crippen LogP contribution is -1.96. The van der Waals surface area contributed by atoms with Gasteiger partial charge >= 0.3 is 0 Å². The first-order valence-corrected chi connectivity index (χ1v) is 7.09. The van der Waals surface area contributed by atoms with E-state index in [1.54, 1.807) is 0 Å². The highest BCUT2D eigenvalue weighted by atomic mass is 127. The van der Waals surface area contributed by atoms with Crippen LogP contribution in [0.15, 0.2) is 21.1 Å². The summed E-state index contributed by atoms with van der Waals surface area (Å²) in [5, 5.41) is 0. The van der Waals surface area contributed by atoms with E-state index in [4.69, 9.17) is 4.74 Å². The Morgan fingerprint density at radius 2 is 1.86 bits per heavy atom. The fourth-order valence-corrected chi connectivity index (χ4v) is 2.41. The standard InChI is InChI=1S/C10H11Br2IO/c1-2-3-4-14-7-5-8(11)10(13)9(12)6-7/h5-6H,2-4H2,1H3. The zero-order valence-corrected chi connectivity index (χ0v) is 13.1. The summed E-state index contributed by atoms with van der Waals surface area (Å²) in [7, 11) is 0. The van der Waals surface area contributed by atoms with Crippen LogP contribution in [0.1, 0.15) is 19.8 Å². The van der Waals surface area contributed by atoms with Crippen molar-refractivity contribution in [3.8, 4) is 5.75 Å². The molecule has 0 saturated carbocycles. The maximum Gasteiger partial charge on any atom is 0.121 e. The van der Waals surface area contributed by atoms with E-state index < -0.39 is 0 Å². The molecule has 0 atom stereocenters. The van der Waals surface area contributed by atoms with E-state index in [-0.39, 0.29) is 0 Å². The average molecular weight is 434 g/mol. The zero-order valence-electron chi connectivity index (χ0n) is 7.82. The van der Waals surface area contributed by atoms with E-state index in [0.29, 0.717) is 0 Å². The van der Waals surface area contributed by atoms with Crippen molar-refractivity contribution in [1.82, 2.24) is 0 Å². The van der Waals surface area contributed by atoms with Gasteiger partial charge < -0.3 is 4.74 Å². The molecule has 4 heteroatoms. The van der Waals surface area contributed by atoms with Gasteiger partial charge in [-0.3, -0.25) is 0 Å². The number of hydrogen-bond acceptors (Lipinski definition) is 1. The second-order valence-corrected chi connectivity index (χ2v) is 5.69. The van der Waals surface area contributed by atoms with Crippen LogP contribution in [0.3, 0.4) is 0 Å². The normalized spacial score (nSPS) is 10.3. The molecule has 0 saturated heterocycles. The lowest BCUT2D eigenvalue weighted by molar-refractivity contribution is 0.309. The van der Waals surface area contributed by atoms with Crippen molar-refractivity contribution in [1.29, 1.82) is 0 Å². The Hall–Kier alpha value is 0.710. The van der Waals surface area contributed by atoms with Crippen molar-refractivity contribution in [2.45, 2.75) is 19.8 Å². The molecule has 0 aliphatic rings. The third kappa shape index (κ3) is 3.70. The van der Waals surface area contributed by atoms with Crippen LogP contribution < -0.4 is 4.74 Å². The van der Waals surface area contributed by atoms with Crippen LogP contribution in [0.25, 0.3) is 0 Å². The van der Waals surface area contributed by atoms with E-state index in [1.165, 1.54) is 3.57 Å². The Morgan fingerprint density at radius 3 is 2.36 bits per heavy atom. The predicted molar refractivity (Wildman–Crippen MR) is 75.0 cm³/mol. The highest BCUT2D eigenvalue weighted by molar-refractivity contribution is 14.1. The number of unbranched alkanes of at least 4 members (excludes halogenated alkanes) is 1. The molecule has 1 aromatic carbocycles. The summed E-state index contributed by atoms with van der Waals surface area (Å²) < 4.78 is 8.91. The molecule has 0 radical (unpaired) electrons. The first-order valence-electron chi connectivity index (χ1n) is 4.42. The van der Waals surface area contributed by atoms with Crippen LogP contribution in [0, 0.1) is 3.57 Å². The first-order chi connectivity index (χ1) is 6.65. The molecule has 1 aromatic rings. The molecule has 0 heterocycles. The molecule has 78 valence electrons. The number of ether oxygens (including phenoxy) is 1. The third-order valence-electron chi connectivity index (χ3n) is 1.72. The molecular formula is C10H11Br2IO. The van der Waals surface area contributed by atoms with Crippen molar-refractivity contribution in [3.63, 3.8) is 0 Å². The van der Waals surface area contributed by atoms with Crippen LogP contribution in [0.5, 0.6) is 5.75 Å². The van der Waals surface area contributed by atoms with Crippen LogP contribution in [0.2, 0.25) is 0 Å². The summed E-state index contributed by atoms with van der Waals surface area (Å²) in [5.74, 6) is 0.914. The van der Waals surface area contributed by atoms with Crippen LogP contribution >= 0.6 is 54.5 Å². The average Bonchev–Trinajstić information content (AvgIpc) is 2.14. The van der Waals surface area contributed by atoms with E-state index >= 15 is 0 Å².